The largest absolute Gasteiger partial charge is 2.00 e. The third-order valence-corrected chi connectivity index (χ3v) is 12.1. The average molecular weight is 686 g/mol. The van der Waals surface area contributed by atoms with Crippen molar-refractivity contribution in [2.24, 2.45) is 10.8 Å². The smallest absolute Gasteiger partial charge is 1.00 e. The van der Waals surface area contributed by atoms with Gasteiger partial charge in [0.15, 0.2) is 0 Å². The first-order valence-electron chi connectivity index (χ1n) is 13.6. The van der Waals surface area contributed by atoms with Gasteiger partial charge in [-0.05, 0) is 49.0 Å². The zero-order chi connectivity index (χ0) is 26.5. The Morgan fingerprint density at radius 2 is 1.02 bits per heavy atom. The Morgan fingerprint density at radius 1 is 0.675 bits per heavy atom. The minimum atomic E-state index is 0. The molecule has 0 saturated carbocycles. The maximum absolute atomic E-state index is 3.54. The number of halogens is 2. The summed E-state index contributed by atoms with van der Waals surface area (Å²) in [5.74, 6) is 2.30. The quantitative estimate of drug-likeness (QED) is 0.278. The van der Waals surface area contributed by atoms with Crippen LogP contribution in [0.1, 0.15) is 81.1 Å². The molecule has 0 nitrogen and oxygen atoms in total. The van der Waals surface area contributed by atoms with Crippen molar-refractivity contribution < 1.29 is 68.2 Å². The summed E-state index contributed by atoms with van der Waals surface area (Å²) in [5, 5.41) is 0. The fourth-order valence-electron chi connectivity index (χ4n) is 6.28. The second-order valence-corrected chi connectivity index (χ2v) is 14.3. The Balaban J connectivity index is 0. The zero-order valence-electron chi connectivity index (χ0n) is 25.6. The molecule has 0 aromatic carbocycles. The van der Waals surface area contributed by atoms with Gasteiger partial charge in [-0.2, -0.15) is 12.2 Å². The van der Waals surface area contributed by atoms with E-state index < -0.39 is 0 Å². The Bertz CT molecular complexity index is 976. The molecule has 2 atom stereocenters. The zero-order valence-corrected chi connectivity index (χ0v) is 31.9. The number of hydrogen-bond donors (Lipinski definition) is 0. The van der Waals surface area contributed by atoms with Crippen LogP contribution in [0.4, 0.5) is 0 Å². The molecule has 4 rings (SSSR count). The second-order valence-electron chi connectivity index (χ2n) is 11.1. The van der Waals surface area contributed by atoms with Crippen molar-refractivity contribution in [2.45, 2.75) is 90.6 Å². The van der Waals surface area contributed by atoms with Gasteiger partial charge in [-0.25, -0.2) is 23.3 Å². The van der Waals surface area contributed by atoms with E-state index in [0.29, 0.717) is 0 Å². The Kier molecular flexibility index (Phi) is 19.7. The van der Waals surface area contributed by atoms with Gasteiger partial charge in [-0.15, -0.1) is 36.4 Å². The summed E-state index contributed by atoms with van der Waals surface area (Å²) in [6.45, 7) is 18.6. The average Bonchev–Trinajstić information content (AvgIpc) is 3.58. The van der Waals surface area contributed by atoms with E-state index in [0.717, 1.165) is 37.2 Å². The Morgan fingerprint density at radius 3 is 1.27 bits per heavy atom. The molecular weight excluding hydrogens is 639 g/mol. The van der Waals surface area contributed by atoms with Crippen LogP contribution in [0, 0.1) is 23.0 Å². The predicted molar refractivity (Wildman–Crippen MR) is 165 cm³/mol. The molecule has 0 radical (unpaired) electrons. The summed E-state index contributed by atoms with van der Waals surface area (Å²) < 4.78 is 0.376. The monoisotopic (exact) mass is 684 g/mol. The van der Waals surface area contributed by atoms with Gasteiger partial charge in [0, 0.05) is 9.49 Å². The van der Waals surface area contributed by atoms with E-state index in [2.05, 4.69) is 152 Å². The standard InChI is InChI=1S/2C17H23S.2ClH.2Ti/c2*1-5-18-17(13-9-8-10-14(17)2)16(3,4)15-11-6-7-12-15;;;;/h2*6,8-11H,5,7,13H2,1-4H3;2*1H;;/q2*-1;;;2*+2/p-2. The van der Waals surface area contributed by atoms with E-state index >= 15 is 0 Å². The molecule has 0 aliphatic heterocycles. The van der Waals surface area contributed by atoms with E-state index in [1.807, 2.05) is 0 Å². The summed E-state index contributed by atoms with van der Waals surface area (Å²) in [6.07, 6.45) is 33.9. The van der Waals surface area contributed by atoms with Crippen molar-refractivity contribution in [1.29, 1.82) is 0 Å². The molecule has 0 heterocycles. The minimum Gasteiger partial charge on any atom is -1.00 e. The molecule has 4 aliphatic carbocycles. The molecule has 40 heavy (non-hydrogen) atoms. The summed E-state index contributed by atoms with van der Waals surface area (Å²) >= 11 is 4.17. The van der Waals surface area contributed by atoms with Gasteiger partial charge < -0.3 is 24.8 Å². The minimum absolute atomic E-state index is 0. The van der Waals surface area contributed by atoms with Gasteiger partial charge in [0.1, 0.15) is 0 Å². The van der Waals surface area contributed by atoms with Crippen molar-refractivity contribution in [3.05, 3.63) is 95.2 Å². The molecule has 2 unspecified atom stereocenters. The molecule has 6 heteroatoms. The first kappa shape index (κ1) is 42.8. The van der Waals surface area contributed by atoms with Crippen molar-refractivity contribution in [3.8, 4) is 0 Å². The van der Waals surface area contributed by atoms with Crippen LogP contribution in [0.3, 0.4) is 0 Å². The first-order chi connectivity index (χ1) is 17.1. The maximum atomic E-state index is 3.54. The number of thioether (sulfide) groups is 2. The van der Waals surface area contributed by atoms with Gasteiger partial charge in [-0.3, -0.25) is 12.2 Å². The Labute approximate surface area is 297 Å². The van der Waals surface area contributed by atoms with Crippen molar-refractivity contribution in [2.75, 3.05) is 11.5 Å². The van der Waals surface area contributed by atoms with Crippen molar-refractivity contribution in [1.82, 2.24) is 0 Å². The van der Waals surface area contributed by atoms with E-state index in [1.165, 1.54) is 22.3 Å². The van der Waals surface area contributed by atoms with E-state index in [1.54, 1.807) is 0 Å². The van der Waals surface area contributed by atoms with Crippen LogP contribution in [-0.4, -0.2) is 21.0 Å². The SMILES string of the molecule is CCSC1(C(C)(C)C2=[C-]CC=C2)CC=CC=C1C.CCSC1(C(C)(C)C2=[C-]CC=C2)CC=CC=C1C.[Cl-].[Cl-].[Ti+2].[Ti+2]. The molecule has 4 aliphatic rings. The van der Waals surface area contributed by atoms with Crippen LogP contribution in [0.5, 0.6) is 0 Å². The summed E-state index contributed by atoms with van der Waals surface area (Å²) in [7, 11) is 0. The number of hydrogen-bond acceptors (Lipinski definition) is 2. The van der Waals surface area contributed by atoms with Gasteiger partial charge in [-0.1, -0.05) is 89.1 Å². The molecule has 216 valence electrons. The normalized spacial score (nSPS) is 24.6. The topological polar surface area (TPSA) is 0 Å². The summed E-state index contributed by atoms with van der Waals surface area (Å²) in [5.41, 5.74) is 6.02. The fraction of sp³-hybridized carbons (Fsp3) is 0.529. The molecule has 0 spiro atoms. The number of rotatable bonds is 8. The molecule has 0 fully saturated rings. The van der Waals surface area contributed by atoms with Crippen molar-refractivity contribution >= 4 is 23.5 Å². The molecule has 0 bridgehead atoms. The van der Waals surface area contributed by atoms with Gasteiger partial charge in [0.25, 0.3) is 0 Å². The number of allylic oxidation sites excluding steroid dienone is 14. The van der Waals surface area contributed by atoms with Crippen LogP contribution < -0.4 is 24.8 Å². The van der Waals surface area contributed by atoms with Crippen LogP contribution in [0.25, 0.3) is 0 Å². The van der Waals surface area contributed by atoms with E-state index in [-0.39, 0.29) is 88.6 Å². The van der Waals surface area contributed by atoms with Crippen LogP contribution in [0.15, 0.2) is 83.1 Å². The third-order valence-electron chi connectivity index (χ3n) is 8.59. The predicted octanol–water partition coefficient (Wildman–Crippen LogP) is 4.20. The third kappa shape index (κ3) is 8.41. The molecular formula is C34H46Cl2S2Ti2. The van der Waals surface area contributed by atoms with E-state index in [9.17, 15) is 0 Å². The second kappa shape index (κ2) is 18.4. The first-order valence-corrected chi connectivity index (χ1v) is 15.6. The van der Waals surface area contributed by atoms with Crippen LogP contribution in [0.2, 0.25) is 0 Å². The van der Waals surface area contributed by atoms with Crippen molar-refractivity contribution in [3.63, 3.8) is 0 Å². The van der Waals surface area contributed by atoms with Crippen LogP contribution in [-0.2, 0) is 43.4 Å². The van der Waals surface area contributed by atoms with Crippen LogP contribution >= 0.6 is 23.5 Å². The molecule has 0 amide bonds. The molecule has 0 aromatic heterocycles. The maximum Gasteiger partial charge on any atom is 2.00 e. The van der Waals surface area contributed by atoms with E-state index in [4.69, 9.17) is 0 Å². The van der Waals surface area contributed by atoms with Gasteiger partial charge in [0.05, 0.1) is 0 Å². The molecule has 0 saturated heterocycles. The Hall–Kier alpha value is 0.629. The van der Waals surface area contributed by atoms with Gasteiger partial charge >= 0.3 is 43.4 Å². The fourth-order valence-corrected chi connectivity index (χ4v) is 9.23. The molecule has 0 aromatic rings. The molecule has 0 N–H and O–H groups in total. The van der Waals surface area contributed by atoms with Gasteiger partial charge in [0.2, 0.25) is 0 Å². The summed E-state index contributed by atoms with van der Waals surface area (Å²) in [4.78, 5) is 0. The summed E-state index contributed by atoms with van der Waals surface area (Å²) in [6, 6.07) is 0.